The lowest BCUT2D eigenvalue weighted by atomic mass is 10.2. The summed E-state index contributed by atoms with van der Waals surface area (Å²) in [6.45, 7) is 3.77. The van der Waals surface area contributed by atoms with Gasteiger partial charge in [-0.3, -0.25) is 9.78 Å². The van der Waals surface area contributed by atoms with Crippen LogP contribution in [0.25, 0.3) is 10.9 Å². The molecule has 0 amide bonds. The summed E-state index contributed by atoms with van der Waals surface area (Å²) in [5.41, 5.74) is 1.81. The number of pyridine rings is 1. The number of ether oxygens (including phenoxy) is 2. The monoisotopic (exact) mass is 291 g/mol. The topological polar surface area (TPSA) is 48.4 Å². The van der Waals surface area contributed by atoms with Crippen molar-refractivity contribution in [1.29, 1.82) is 0 Å². The van der Waals surface area contributed by atoms with Crippen molar-refractivity contribution in [3.63, 3.8) is 0 Å². The van der Waals surface area contributed by atoms with Crippen LogP contribution in [0.15, 0.2) is 29.2 Å². The summed E-state index contributed by atoms with van der Waals surface area (Å²) in [4.78, 5) is 17.1. The predicted octanol–water partition coefficient (Wildman–Crippen LogP) is 3.21. The van der Waals surface area contributed by atoms with Gasteiger partial charge in [0, 0.05) is 16.0 Å². The Bertz CT molecular complexity index is 642. The molecule has 2 aromatic rings. The highest BCUT2D eigenvalue weighted by Crippen LogP contribution is 2.33. The highest BCUT2D eigenvalue weighted by molar-refractivity contribution is 8.00. The Morgan fingerprint density at radius 1 is 1.30 bits per heavy atom. The molecule has 1 heterocycles. The summed E-state index contributed by atoms with van der Waals surface area (Å²) in [5, 5.41) is 0.715. The zero-order valence-electron chi connectivity index (χ0n) is 12.0. The van der Waals surface area contributed by atoms with Crippen LogP contribution in [0.2, 0.25) is 0 Å². The predicted molar refractivity (Wildman–Crippen MR) is 80.4 cm³/mol. The Balaban J connectivity index is 2.47. The molecule has 106 valence electrons. The number of benzene rings is 1. The zero-order valence-corrected chi connectivity index (χ0v) is 12.8. The molecule has 2 rings (SSSR count). The van der Waals surface area contributed by atoms with Crippen LogP contribution in [0, 0.1) is 6.92 Å². The van der Waals surface area contributed by atoms with Crippen LogP contribution in [-0.4, -0.2) is 30.4 Å². The number of nitrogens with zero attached hydrogens (tertiary/aromatic N) is 1. The number of carbonyl (C=O) groups is 1. The number of rotatable bonds is 4. The minimum absolute atomic E-state index is 0.236. The number of aromatic nitrogens is 1. The van der Waals surface area contributed by atoms with Gasteiger partial charge in [0.15, 0.2) is 0 Å². The van der Waals surface area contributed by atoms with Crippen molar-refractivity contribution >= 4 is 28.6 Å². The van der Waals surface area contributed by atoms with Crippen molar-refractivity contribution in [1.82, 2.24) is 4.98 Å². The molecule has 5 heteroatoms. The lowest BCUT2D eigenvalue weighted by Crippen LogP contribution is -2.14. The smallest absolute Gasteiger partial charge is 0.318 e. The first kappa shape index (κ1) is 14.7. The average Bonchev–Trinajstić information content (AvgIpc) is 2.45. The molecule has 4 nitrogen and oxygen atoms in total. The number of hydrogen-bond donors (Lipinski definition) is 0. The molecule has 0 aliphatic carbocycles. The third kappa shape index (κ3) is 3.04. The summed E-state index contributed by atoms with van der Waals surface area (Å²) >= 11 is 1.47. The van der Waals surface area contributed by atoms with Crippen molar-refractivity contribution in [2.45, 2.75) is 24.0 Å². The first-order chi connectivity index (χ1) is 9.55. The number of aryl methyl sites for hydroxylation is 1. The maximum absolute atomic E-state index is 11.6. The van der Waals surface area contributed by atoms with E-state index in [4.69, 9.17) is 9.47 Å². The van der Waals surface area contributed by atoms with Gasteiger partial charge >= 0.3 is 5.97 Å². The molecule has 0 N–H and O–H groups in total. The Morgan fingerprint density at radius 2 is 2.05 bits per heavy atom. The van der Waals surface area contributed by atoms with Gasteiger partial charge in [-0.25, -0.2) is 0 Å². The molecule has 0 aliphatic rings. The van der Waals surface area contributed by atoms with E-state index < -0.39 is 0 Å². The normalized spacial score (nSPS) is 12.2. The number of methoxy groups -OCH3 is 2. The van der Waals surface area contributed by atoms with E-state index in [2.05, 4.69) is 4.98 Å². The Morgan fingerprint density at radius 3 is 2.70 bits per heavy atom. The van der Waals surface area contributed by atoms with E-state index in [0.29, 0.717) is 0 Å². The molecule has 1 aromatic heterocycles. The van der Waals surface area contributed by atoms with E-state index in [1.165, 1.54) is 18.9 Å². The highest BCUT2D eigenvalue weighted by atomic mass is 32.2. The first-order valence-corrected chi connectivity index (χ1v) is 7.13. The van der Waals surface area contributed by atoms with Crippen LogP contribution >= 0.6 is 11.8 Å². The fourth-order valence-corrected chi connectivity index (χ4v) is 3.03. The van der Waals surface area contributed by atoms with E-state index in [9.17, 15) is 4.79 Å². The van der Waals surface area contributed by atoms with Gasteiger partial charge < -0.3 is 9.47 Å². The van der Waals surface area contributed by atoms with Gasteiger partial charge in [0.1, 0.15) is 11.0 Å². The van der Waals surface area contributed by atoms with E-state index in [1.807, 2.05) is 38.1 Å². The number of fused-ring (bicyclic) bond motifs is 1. The molecule has 0 radical (unpaired) electrons. The zero-order chi connectivity index (χ0) is 14.7. The van der Waals surface area contributed by atoms with Crippen LogP contribution < -0.4 is 4.74 Å². The van der Waals surface area contributed by atoms with Crippen LogP contribution in [0.5, 0.6) is 5.75 Å². The van der Waals surface area contributed by atoms with Gasteiger partial charge in [-0.1, -0.05) is 0 Å². The minimum Gasteiger partial charge on any atom is -0.497 e. The minimum atomic E-state index is -0.267. The van der Waals surface area contributed by atoms with Crippen molar-refractivity contribution in [2.75, 3.05) is 14.2 Å². The summed E-state index contributed by atoms with van der Waals surface area (Å²) in [6, 6.07) is 7.72. The maximum Gasteiger partial charge on any atom is 0.318 e. The lowest BCUT2D eigenvalue weighted by Gasteiger charge is -2.12. The summed E-state index contributed by atoms with van der Waals surface area (Å²) in [6.07, 6.45) is 0. The van der Waals surface area contributed by atoms with Crippen molar-refractivity contribution < 1.29 is 14.3 Å². The number of thioether (sulfide) groups is 1. The molecule has 0 fully saturated rings. The second-order valence-corrected chi connectivity index (χ2v) is 5.81. The van der Waals surface area contributed by atoms with Gasteiger partial charge in [-0.15, -0.1) is 11.8 Å². The van der Waals surface area contributed by atoms with E-state index in [1.54, 1.807) is 7.11 Å². The maximum atomic E-state index is 11.6. The Hall–Kier alpha value is -1.75. The number of hydrogen-bond acceptors (Lipinski definition) is 5. The van der Waals surface area contributed by atoms with Gasteiger partial charge in [0.05, 0.1) is 19.7 Å². The van der Waals surface area contributed by atoms with Crippen molar-refractivity contribution in [3.8, 4) is 5.75 Å². The third-order valence-corrected chi connectivity index (χ3v) is 4.08. The molecule has 0 saturated carbocycles. The van der Waals surface area contributed by atoms with Crippen molar-refractivity contribution in [3.05, 3.63) is 30.0 Å². The standard InChI is InChI=1S/C15H17NO3S/c1-9-7-14(20-10(2)15(17)19-4)12-8-11(18-3)5-6-13(12)16-9/h5-8,10H,1-4H3/t10-/m0/s1. The molecule has 0 bridgehead atoms. The quantitative estimate of drug-likeness (QED) is 0.639. The van der Waals surface area contributed by atoms with Crippen LogP contribution in [0.1, 0.15) is 12.6 Å². The average molecular weight is 291 g/mol. The summed E-state index contributed by atoms with van der Waals surface area (Å²) in [5.74, 6) is 0.538. The second kappa shape index (κ2) is 6.13. The molecule has 1 atom stereocenters. The molecular weight excluding hydrogens is 274 g/mol. The molecular formula is C15H17NO3S. The molecule has 0 unspecified atom stereocenters. The van der Waals surface area contributed by atoms with Crippen LogP contribution in [0.3, 0.4) is 0 Å². The van der Waals surface area contributed by atoms with Crippen LogP contribution in [-0.2, 0) is 9.53 Å². The third-order valence-electron chi connectivity index (χ3n) is 2.94. The van der Waals surface area contributed by atoms with Gasteiger partial charge in [0.2, 0.25) is 0 Å². The SMILES string of the molecule is COC(=O)[C@H](C)Sc1cc(C)nc2ccc(OC)cc12. The second-order valence-electron chi connectivity index (χ2n) is 4.43. The van der Waals surface area contributed by atoms with Gasteiger partial charge in [0.25, 0.3) is 0 Å². The summed E-state index contributed by atoms with van der Waals surface area (Å²) in [7, 11) is 3.03. The van der Waals surface area contributed by atoms with E-state index in [0.717, 1.165) is 27.2 Å². The Labute approximate surface area is 122 Å². The molecule has 0 saturated heterocycles. The number of carbonyl (C=O) groups excluding carboxylic acids is 1. The largest absolute Gasteiger partial charge is 0.497 e. The van der Waals surface area contributed by atoms with Crippen molar-refractivity contribution in [2.24, 2.45) is 0 Å². The molecule has 0 aliphatic heterocycles. The Kier molecular flexibility index (Phi) is 4.49. The first-order valence-electron chi connectivity index (χ1n) is 6.25. The lowest BCUT2D eigenvalue weighted by molar-refractivity contribution is -0.139. The fourth-order valence-electron chi connectivity index (χ4n) is 1.93. The fraction of sp³-hybridized carbons (Fsp3) is 0.333. The van der Waals surface area contributed by atoms with Gasteiger partial charge in [-0.05, 0) is 38.1 Å². The molecule has 0 spiro atoms. The van der Waals surface area contributed by atoms with E-state index >= 15 is 0 Å². The summed E-state index contributed by atoms with van der Waals surface area (Å²) < 4.78 is 10.0. The van der Waals surface area contributed by atoms with Gasteiger partial charge in [-0.2, -0.15) is 0 Å². The molecule has 20 heavy (non-hydrogen) atoms. The number of esters is 1. The van der Waals surface area contributed by atoms with Crippen LogP contribution in [0.4, 0.5) is 0 Å². The highest BCUT2D eigenvalue weighted by Gasteiger charge is 2.17. The molecule has 1 aromatic carbocycles. The van der Waals surface area contributed by atoms with E-state index in [-0.39, 0.29) is 11.2 Å².